The summed E-state index contributed by atoms with van der Waals surface area (Å²) in [4.78, 5) is 14.9. The van der Waals surface area contributed by atoms with Gasteiger partial charge in [0.05, 0.1) is 5.75 Å². The molecule has 2 heterocycles. The lowest BCUT2D eigenvalue weighted by Crippen LogP contribution is -2.21. The van der Waals surface area contributed by atoms with E-state index in [0.717, 1.165) is 36.9 Å². The average Bonchev–Trinajstić information content (AvgIpc) is 2.69. The summed E-state index contributed by atoms with van der Waals surface area (Å²) in [6.07, 6.45) is 3.75. The van der Waals surface area contributed by atoms with Gasteiger partial charge in [-0.2, -0.15) is 0 Å². The number of imidazole rings is 1. The highest BCUT2D eigenvalue weighted by Crippen LogP contribution is 2.28. The van der Waals surface area contributed by atoms with Gasteiger partial charge in [0.2, 0.25) is 0 Å². The molecule has 6 heteroatoms. The molecule has 0 aliphatic carbocycles. The third-order valence-electron chi connectivity index (χ3n) is 2.83. The normalized spacial score (nSPS) is 17.2. The first-order valence-electron chi connectivity index (χ1n) is 5.64. The summed E-state index contributed by atoms with van der Waals surface area (Å²) in [7, 11) is 0. The quantitative estimate of drug-likeness (QED) is 0.831. The first-order valence-corrected chi connectivity index (χ1v) is 6.63. The topological polar surface area (TPSA) is 64.3 Å². The third-order valence-corrected chi connectivity index (χ3v) is 3.78. The van der Waals surface area contributed by atoms with E-state index in [1.807, 2.05) is 6.92 Å². The summed E-state index contributed by atoms with van der Waals surface area (Å²) >= 11 is 1.28. The number of thioether (sulfide) groups is 1. The SMILES string of the molecule is Cc1cnc(SCC(=O)O)n1C1CCOCC1. The molecule has 1 aromatic rings. The van der Waals surface area contributed by atoms with Crippen molar-refractivity contribution in [3.8, 4) is 0 Å². The fraction of sp³-hybridized carbons (Fsp3) is 0.636. The van der Waals surface area contributed by atoms with Gasteiger partial charge in [0.1, 0.15) is 0 Å². The van der Waals surface area contributed by atoms with Gasteiger partial charge >= 0.3 is 5.97 Å². The second-order valence-corrected chi connectivity index (χ2v) is 5.02. The smallest absolute Gasteiger partial charge is 0.313 e. The number of aliphatic carboxylic acids is 1. The summed E-state index contributed by atoms with van der Waals surface area (Å²) in [6.45, 7) is 3.55. The molecule has 1 saturated heterocycles. The zero-order valence-corrected chi connectivity index (χ0v) is 10.6. The van der Waals surface area contributed by atoms with Gasteiger partial charge in [-0.25, -0.2) is 4.98 Å². The van der Waals surface area contributed by atoms with Crippen molar-refractivity contribution in [1.82, 2.24) is 9.55 Å². The Morgan fingerprint density at radius 2 is 2.35 bits per heavy atom. The lowest BCUT2D eigenvalue weighted by atomic mass is 10.1. The Labute approximate surface area is 104 Å². The number of nitrogens with zero attached hydrogens (tertiary/aromatic N) is 2. The van der Waals surface area contributed by atoms with Crippen molar-refractivity contribution < 1.29 is 14.6 Å². The Bertz CT molecular complexity index is 399. The highest BCUT2D eigenvalue weighted by atomic mass is 32.2. The maximum atomic E-state index is 10.6. The molecule has 0 saturated carbocycles. The molecule has 17 heavy (non-hydrogen) atoms. The molecule has 0 amide bonds. The second-order valence-electron chi connectivity index (χ2n) is 4.08. The molecule has 2 rings (SSSR count). The molecule has 0 spiro atoms. The Kier molecular flexibility index (Phi) is 4.06. The lowest BCUT2D eigenvalue weighted by molar-refractivity contribution is -0.133. The number of aryl methyl sites for hydroxylation is 1. The highest BCUT2D eigenvalue weighted by Gasteiger charge is 2.20. The van der Waals surface area contributed by atoms with E-state index in [1.54, 1.807) is 6.20 Å². The number of rotatable bonds is 4. The van der Waals surface area contributed by atoms with Crippen LogP contribution < -0.4 is 0 Å². The predicted octanol–water partition coefficient (Wildman–Crippen LogP) is 1.72. The molecule has 1 aromatic heterocycles. The van der Waals surface area contributed by atoms with Gasteiger partial charge in [0.15, 0.2) is 5.16 Å². The largest absolute Gasteiger partial charge is 0.481 e. The van der Waals surface area contributed by atoms with Crippen molar-refractivity contribution in [2.24, 2.45) is 0 Å². The van der Waals surface area contributed by atoms with Crippen LogP contribution in [0.2, 0.25) is 0 Å². The molecule has 0 radical (unpaired) electrons. The fourth-order valence-corrected chi connectivity index (χ4v) is 2.86. The van der Waals surface area contributed by atoms with Crippen molar-refractivity contribution in [2.75, 3.05) is 19.0 Å². The van der Waals surface area contributed by atoms with Gasteiger partial charge in [-0.3, -0.25) is 4.79 Å². The van der Waals surface area contributed by atoms with E-state index in [4.69, 9.17) is 9.84 Å². The Balaban J connectivity index is 2.13. The van der Waals surface area contributed by atoms with E-state index in [2.05, 4.69) is 9.55 Å². The zero-order valence-electron chi connectivity index (χ0n) is 9.76. The number of carboxylic acid groups (broad SMARTS) is 1. The third kappa shape index (κ3) is 3.01. The maximum absolute atomic E-state index is 10.6. The van der Waals surface area contributed by atoms with Crippen LogP contribution in [0, 0.1) is 6.92 Å². The van der Waals surface area contributed by atoms with Crippen LogP contribution in [0.25, 0.3) is 0 Å². The molecule has 5 nitrogen and oxygen atoms in total. The van der Waals surface area contributed by atoms with E-state index in [0.29, 0.717) is 6.04 Å². The summed E-state index contributed by atoms with van der Waals surface area (Å²) in [5.74, 6) is -0.756. The van der Waals surface area contributed by atoms with Gasteiger partial charge in [0.25, 0.3) is 0 Å². The summed E-state index contributed by atoms with van der Waals surface area (Å²) in [5.41, 5.74) is 1.09. The van der Waals surface area contributed by atoms with Crippen LogP contribution in [-0.2, 0) is 9.53 Å². The molecule has 1 aliphatic rings. The van der Waals surface area contributed by atoms with Gasteiger partial charge in [-0.1, -0.05) is 11.8 Å². The van der Waals surface area contributed by atoms with Gasteiger partial charge in [-0.05, 0) is 19.8 Å². The van der Waals surface area contributed by atoms with E-state index in [1.165, 1.54) is 11.8 Å². The molecule has 1 fully saturated rings. The number of carboxylic acids is 1. The van der Waals surface area contributed by atoms with E-state index in [9.17, 15) is 4.79 Å². The first-order chi connectivity index (χ1) is 8.18. The minimum Gasteiger partial charge on any atom is -0.481 e. The van der Waals surface area contributed by atoms with Crippen LogP contribution in [0.3, 0.4) is 0 Å². The van der Waals surface area contributed by atoms with Crippen LogP contribution in [0.4, 0.5) is 0 Å². The van der Waals surface area contributed by atoms with Crippen LogP contribution in [-0.4, -0.2) is 39.6 Å². The van der Waals surface area contributed by atoms with Gasteiger partial charge in [-0.15, -0.1) is 0 Å². The van der Waals surface area contributed by atoms with E-state index < -0.39 is 5.97 Å². The minimum absolute atomic E-state index is 0.0552. The Morgan fingerprint density at radius 1 is 1.65 bits per heavy atom. The first kappa shape index (κ1) is 12.4. The molecule has 0 atom stereocenters. The predicted molar refractivity (Wildman–Crippen MR) is 64.4 cm³/mol. The average molecular weight is 256 g/mol. The molecule has 94 valence electrons. The molecule has 1 aliphatic heterocycles. The number of aromatic nitrogens is 2. The number of carbonyl (C=O) groups is 1. The fourth-order valence-electron chi connectivity index (χ4n) is 2.04. The molecular formula is C11H16N2O3S. The standard InChI is InChI=1S/C11H16N2O3S/c1-8-6-12-11(17-7-10(14)15)13(8)9-2-4-16-5-3-9/h6,9H,2-5,7H2,1H3,(H,14,15). The molecule has 0 unspecified atom stereocenters. The van der Waals surface area contributed by atoms with Crippen molar-refractivity contribution in [3.63, 3.8) is 0 Å². The minimum atomic E-state index is -0.811. The number of hydrogen-bond acceptors (Lipinski definition) is 4. The van der Waals surface area contributed by atoms with Crippen LogP contribution in [0.15, 0.2) is 11.4 Å². The van der Waals surface area contributed by atoms with Crippen molar-refractivity contribution in [3.05, 3.63) is 11.9 Å². The zero-order chi connectivity index (χ0) is 12.3. The van der Waals surface area contributed by atoms with Gasteiger partial charge < -0.3 is 14.4 Å². The number of ether oxygens (including phenoxy) is 1. The summed E-state index contributed by atoms with van der Waals surface area (Å²) in [5, 5.41) is 9.51. The lowest BCUT2D eigenvalue weighted by Gasteiger charge is -2.25. The van der Waals surface area contributed by atoms with Crippen molar-refractivity contribution in [1.29, 1.82) is 0 Å². The van der Waals surface area contributed by atoms with Crippen LogP contribution in [0.1, 0.15) is 24.6 Å². The van der Waals surface area contributed by atoms with Crippen LogP contribution >= 0.6 is 11.8 Å². The highest BCUT2D eigenvalue weighted by molar-refractivity contribution is 7.99. The molecule has 0 bridgehead atoms. The number of hydrogen-bond donors (Lipinski definition) is 1. The molecule has 1 N–H and O–H groups in total. The van der Waals surface area contributed by atoms with Crippen molar-refractivity contribution in [2.45, 2.75) is 31.0 Å². The van der Waals surface area contributed by atoms with E-state index in [-0.39, 0.29) is 5.75 Å². The second kappa shape index (κ2) is 5.55. The van der Waals surface area contributed by atoms with Crippen molar-refractivity contribution >= 4 is 17.7 Å². The maximum Gasteiger partial charge on any atom is 0.313 e. The Morgan fingerprint density at radius 3 is 3.00 bits per heavy atom. The van der Waals surface area contributed by atoms with Crippen LogP contribution in [0.5, 0.6) is 0 Å². The summed E-state index contributed by atoms with van der Waals surface area (Å²) < 4.78 is 7.49. The Hall–Kier alpha value is -1.01. The van der Waals surface area contributed by atoms with Gasteiger partial charge in [0, 0.05) is 31.1 Å². The summed E-state index contributed by atoms with van der Waals surface area (Å²) in [6, 6.07) is 0.391. The monoisotopic (exact) mass is 256 g/mol. The molecule has 0 aromatic carbocycles. The molecular weight excluding hydrogens is 240 g/mol. The van der Waals surface area contributed by atoms with E-state index >= 15 is 0 Å².